The first kappa shape index (κ1) is 18.9. The Hall–Kier alpha value is -4.06. The highest BCUT2D eigenvalue weighted by atomic mass is 19.1. The van der Waals surface area contributed by atoms with Crippen LogP contribution in [0.3, 0.4) is 0 Å². The molecule has 4 aromatic rings. The summed E-state index contributed by atoms with van der Waals surface area (Å²) in [5.41, 5.74) is 2.43. The minimum absolute atomic E-state index is 0.144. The molecule has 2 amide bonds. The Morgan fingerprint density at radius 3 is 2.16 bits per heavy atom. The number of hydrogen-bond donors (Lipinski definition) is 1. The van der Waals surface area contributed by atoms with Gasteiger partial charge >= 0.3 is 0 Å². The molecular weight excluding hydrogens is 395 g/mol. The zero-order chi connectivity index (χ0) is 21.7. The van der Waals surface area contributed by atoms with E-state index < -0.39 is 23.7 Å². The van der Waals surface area contributed by atoms with E-state index >= 15 is 0 Å². The van der Waals surface area contributed by atoms with E-state index in [4.69, 9.17) is 0 Å². The van der Waals surface area contributed by atoms with Gasteiger partial charge in [0.25, 0.3) is 11.8 Å². The van der Waals surface area contributed by atoms with E-state index in [1.54, 1.807) is 55.5 Å². The van der Waals surface area contributed by atoms with Crippen molar-refractivity contribution in [3.8, 4) is 16.9 Å². The highest BCUT2D eigenvalue weighted by Crippen LogP contribution is 2.42. The molecule has 0 bridgehead atoms. The van der Waals surface area contributed by atoms with Crippen LogP contribution < -0.4 is 0 Å². The number of rotatable bonds is 3. The van der Waals surface area contributed by atoms with Gasteiger partial charge in [-0.15, -0.1) is 0 Å². The molecule has 0 saturated heterocycles. The molecule has 2 heterocycles. The van der Waals surface area contributed by atoms with E-state index in [1.807, 2.05) is 6.07 Å². The van der Waals surface area contributed by atoms with Crippen LogP contribution in [0.4, 0.5) is 4.39 Å². The molecule has 5 nitrogen and oxygen atoms in total. The van der Waals surface area contributed by atoms with Gasteiger partial charge < -0.3 is 5.11 Å². The predicted molar refractivity (Wildman–Crippen MR) is 114 cm³/mol. The minimum atomic E-state index is -0.761. The third-order valence-corrected chi connectivity index (χ3v) is 5.62. The van der Waals surface area contributed by atoms with Crippen molar-refractivity contribution in [2.24, 2.45) is 0 Å². The number of carbonyl (C=O) groups excluding carboxylic acids is 2. The van der Waals surface area contributed by atoms with Gasteiger partial charge in [0.2, 0.25) is 0 Å². The summed E-state index contributed by atoms with van der Waals surface area (Å²) in [4.78, 5) is 31.9. The number of hydrogen-bond acceptors (Lipinski definition) is 4. The molecule has 152 valence electrons. The smallest absolute Gasteiger partial charge is 0.262 e. The number of benzene rings is 3. The molecule has 0 aliphatic carbocycles. The third kappa shape index (κ3) is 2.87. The first-order valence-electron chi connectivity index (χ1n) is 9.82. The van der Waals surface area contributed by atoms with Gasteiger partial charge in [-0.25, -0.2) is 9.37 Å². The number of aromatic hydroxyl groups is 1. The monoisotopic (exact) mass is 412 g/mol. The first-order valence-corrected chi connectivity index (χ1v) is 9.82. The molecule has 1 N–H and O–H groups in total. The first-order chi connectivity index (χ1) is 15.0. The molecule has 31 heavy (non-hydrogen) atoms. The minimum Gasteiger partial charge on any atom is -0.507 e. The number of aromatic nitrogens is 1. The van der Waals surface area contributed by atoms with Crippen LogP contribution in [0.25, 0.3) is 22.0 Å². The lowest BCUT2D eigenvalue weighted by atomic mass is 9.96. The van der Waals surface area contributed by atoms with E-state index in [1.165, 1.54) is 18.2 Å². The number of carbonyl (C=O) groups is 2. The van der Waals surface area contributed by atoms with Crippen LogP contribution >= 0.6 is 0 Å². The number of nitrogens with zero attached hydrogens (tertiary/aromatic N) is 2. The lowest BCUT2D eigenvalue weighted by molar-refractivity contribution is 0.0592. The van der Waals surface area contributed by atoms with E-state index in [2.05, 4.69) is 4.98 Å². The molecule has 0 spiro atoms. The van der Waals surface area contributed by atoms with Crippen LogP contribution in [0.5, 0.6) is 5.75 Å². The Bertz CT molecular complexity index is 1330. The lowest BCUT2D eigenvalue weighted by Crippen LogP contribution is -2.33. The number of imide groups is 1. The Labute approximate surface area is 177 Å². The number of halogens is 1. The maximum absolute atomic E-state index is 13.9. The van der Waals surface area contributed by atoms with E-state index in [-0.39, 0.29) is 11.1 Å². The van der Waals surface area contributed by atoms with Crippen LogP contribution in [-0.4, -0.2) is 26.8 Å². The van der Waals surface area contributed by atoms with Crippen LogP contribution in [0.15, 0.2) is 72.8 Å². The van der Waals surface area contributed by atoms with Crippen LogP contribution in [-0.2, 0) is 0 Å². The van der Waals surface area contributed by atoms with Gasteiger partial charge in [0.15, 0.2) is 0 Å². The second-order valence-corrected chi connectivity index (χ2v) is 7.45. The topological polar surface area (TPSA) is 70.5 Å². The van der Waals surface area contributed by atoms with Crippen LogP contribution in [0, 0.1) is 5.82 Å². The van der Waals surface area contributed by atoms with E-state index in [0.29, 0.717) is 33.5 Å². The Morgan fingerprint density at radius 1 is 0.903 bits per heavy atom. The fourth-order valence-corrected chi connectivity index (χ4v) is 4.11. The van der Waals surface area contributed by atoms with E-state index in [0.717, 1.165) is 4.90 Å². The van der Waals surface area contributed by atoms with E-state index in [9.17, 15) is 19.1 Å². The summed E-state index contributed by atoms with van der Waals surface area (Å²) in [5.74, 6) is -1.46. The highest BCUT2D eigenvalue weighted by Gasteiger charge is 2.40. The van der Waals surface area contributed by atoms with Gasteiger partial charge in [0.1, 0.15) is 11.6 Å². The van der Waals surface area contributed by atoms with Crippen molar-refractivity contribution < 1.29 is 19.1 Å². The summed E-state index contributed by atoms with van der Waals surface area (Å²) >= 11 is 0. The van der Waals surface area contributed by atoms with Gasteiger partial charge in [-0.1, -0.05) is 42.5 Å². The predicted octanol–water partition coefficient (Wildman–Crippen LogP) is 5.10. The average molecular weight is 412 g/mol. The van der Waals surface area contributed by atoms with Gasteiger partial charge in [-0.2, -0.15) is 0 Å². The number of amides is 2. The standard InChI is InChI=1S/C25H17FN2O3/c1-14(28-24(30)17-9-5-6-10-18(17)25(28)31)22-21(15-7-3-2-4-8-15)23(29)19-13-16(26)11-12-20(19)27-22/h2-14H,1H3,(H,27,29). The average Bonchev–Trinajstić information content (AvgIpc) is 3.04. The molecule has 0 saturated carbocycles. The number of pyridine rings is 1. The number of fused-ring (bicyclic) bond motifs is 2. The zero-order valence-electron chi connectivity index (χ0n) is 16.5. The Kier molecular flexibility index (Phi) is 4.29. The normalized spacial score (nSPS) is 14.2. The summed E-state index contributed by atoms with van der Waals surface area (Å²) in [6, 6.07) is 18.9. The maximum Gasteiger partial charge on any atom is 0.262 e. The molecule has 0 fully saturated rings. The highest BCUT2D eigenvalue weighted by molar-refractivity contribution is 6.21. The molecule has 1 aliphatic heterocycles. The Balaban J connectivity index is 1.74. The molecule has 5 rings (SSSR count). The molecule has 0 radical (unpaired) electrons. The largest absolute Gasteiger partial charge is 0.507 e. The summed E-state index contributed by atoms with van der Waals surface area (Å²) in [6.45, 7) is 1.70. The molecule has 1 unspecified atom stereocenters. The van der Waals surface area contributed by atoms with Crippen molar-refractivity contribution in [2.75, 3.05) is 0 Å². The van der Waals surface area contributed by atoms with Gasteiger partial charge in [0.05, 0.1) is 28.4 Å². The Morgan fingerprint density at radius 2 is 1.52 bits per heavy atom. The second kappa shape index (κ2) is 7.02. The van der Waals surface area contributed by atoms with Crippen molar-refractivity contribution in [1.82, 2.24) is 9.88 Å². The van der Waals surface area contributed by atoms with Gasteiger partial charge in [0, 0.05) is 10.9 Å². The summed E-state index contributed by atoms with van der Waals surface area (Å²) in [6.07, 6.45) is 0. The van der Waals surface area contributed by atoms with Crippen molar-refractivity contribution >= 4 is 22.7 Å². The van der Waals surface area contributed by atoms with Crippen LogP contribution in [0.2, 0.25) is 0 Å². The summed E-state index contributed by atoms with van der Waals surface area (Å²) in [7, 11) is 0. The molecule has 1 aliphatic rings. The molecular formula is C25H17FN2O3. The quantitative estimate of drug-likeness (QED) is 0.475. The summed E-state index contributed by atoms with van der Waals surface area (Å²) in [5, 5.41) is 11.4. The summed E-state index contributed by atoms with van der Waals surface area (Å²) < 4.78 is 13.9. The molecule has 1 atom stereocenters. The van der Waals surface area contributed by atoms with Gasteiger partial charge in [-0.3, -0.25) is 14.5 Å². The lowest BCUT2D eigenvalue weighted by Gasteiger charge is -2.25. The third-order valence-electron chi connectivity index (χ3n) is 5.62. The zero-order valence-corrected chi connectivity index (χ0v) is 16.5. The van der Waals surface area contributed by atoms with Crippen molar-refractivity contribution in [3.63, 3.8) is 0 Å². The fourth-order valence-electron chi connectivity index (χ4n) is 4.11. The maximum atomic E-state index is 13.9. The van der Waals surface area contributed by atoms with Crippen molar-refractivity contribution in [3.05, 3.63) is 95.4 Å². The second-order valence-electron chi connectivity index (χ2n) is 7.45. The SMILES string of the molecule is CC(c1nc2ccc(F)cc2c(O)c1-c1ccccc1)N1C(=O)c2ccccc2C1=O. The molecule has 6 heteroatoms. The van der Waals surface area contributed by atoms with Crippen molar-refractivity contribution in [2.45, 2.75) is 13.0 Å². The van der Waals surface area contributed by atoms with Gasteiger partial charge in [-0.05, 0) is 42.8 Å². The molecule has 1 aromatic heterocycles. The van der Waals surface area contributed by atoms with Crippen molar-refractivity contribution in [1.29, 1.82) is 0 Å². The van der Waals surface area contributed by atoms with Crippen LogP contribution in [0.1, 0.15) is 39.4 Å². The molecule has 3 aromatic carbocycles. The fraction of sp³-hybridized carbons (Fsp3) is 0.0800.